The van der Waals surface area contributed by atoms with Crippen molar-refractivity contribution in [2.24, 2.45) is 7.05 Å². The number of allylic oxidation sites excluding steroid dienone is 1. The molecule has 1 atom stereocenters. The van der Waals surface area contributed by atoms with Gasteiger partial charge in [0.05, 0.1) is 6.26 Å². The van der Waals surface area contributed by atoms with Crippen LogP contribution in [0.1, 0.15) is 25.0 Å². The highest BCUT2D eigenvalue weighted by Crippen LogP contribution is 2.22. The molecule has 1 rings (SSSR count). The molecule has 1 unspecified atom stereocenters. The fourth-order valence-corrected chi connectivity index (χ4v) is 2.14. The van der Waals surface area contributed by atoms with E-state index in [0.717, 1.165) is 18.4 Å². The number of nitrogens with one attached hydrogen (secondary N) is 1. The van der Waals surface area contributed by atoms with Crippen molar-refractivity contribution in [1.29, 1.82) is 0 Å². The van der Waals surface area contributed by atoms with Crippen LogP contribution in [0.2, 0.25) is 0 Å². The van der Waals surface area contributed by atoms with Gasteiger partial charge in [-0.2, -0.15) is 5.10 Å². The molecular weight excluding hydrogens is 262 g/mol. The predicted molar refractivity (Wildman–Crippen MR) is 69.7 cm³/mol. The van der Waals surface area contributed by atoms with E-state index < -0.39 is 10.0 Å². The lowest BCUT2D eigenvalue weighted by atomic mass is 10.0. The topological polar surface area (TPSA) is 64.0 Å². The molecule has 0 aliphatic carbocycles. The zero-order valence-electron chi connectivity index (χ0n) is 10.0. The van der Waals surface area contributed by atoms with Crippen molar-refractivity contribution >= 4 is 27.4 Å². The monoisotopic (exact) mass is 277 g/mol. The SMILES string of the molecule is CC(C/C=C/Cl)c1cc(NS(C)(=O)=O)nn1C. The molecule has 0 fully saturated rings. The Labute approximate surface area is 107 Å². The molecule has 0 aromatic carbocycles. The second-order valence-electron chi connectivity index (χ2n) is 3.95. The zero-order valence-corrected chi connectivity index (χ0v) is 11.6. The number of halogens is 1. The number of aryl methyl sites for hydroxylation is 1. The average Bonchev–Trinajstić information content (AvgIpc) is 2.53. The number of anilines is 1. The minimum absolute atomic E-state index is 0.220. The molecule has 1 N–H and O–H groups in total. The van der Waals surface area contributed by atoms with Gasteiger partial charge in [-0.15, -0.1) is 0 Å². The lowest BCUT2D eigenvalue weighted by Gasteiger charge is -2.07. The van der Waals surface area contributed by atoms with Crippen LogP contribution >= 0.6 is 11.6 Å². The Morgan fingerprint density at radius 3 is 2.82 bits per heavy atom. The Morgan fingerprint density at radius 2 is 2.29 bits per heavy atom. The van der Waals surface area contributed by atoms with E-state index in [-0.39, 0.29) is 5.92 Å². The number of hydrogen-bond acceptors (Lipinski definition) is 3. The van der Waals surface area contributed by atoms with Gasteiger partial charge in [0.2, 0.25) is 10.0 Å². The van der Waals surface area contributed by atoms with Gasteiger partial charge in [-0.25, -0.2) is 8.42 Å². The molecule has 5 nitrogen and oxygen atoms in total. The summed E-state index contributed by atoms with van der Waals surface area (Å²) in [7, 11) is -1.50. The van der Waals surface area contributed by atoms with Gasteiger partial charge >= 0.3 is 0 Å². The summed E-state index contributed by atoms with van der Waals surface area (Å²) >= 11 is 5.47. The van der Waals surface area contributed by atoms with E-state index in [4.69, 9.17) is 11.6 Å². The van der Waals surface area contributed by atoms with E-state index >= 15 is 0 Å². The summed E-state index contributed by atoms with van der Waals surface area (Å²) in [6.45, 7) is 2.03. The Morgan fingerprint density at radius 1 is 1.65 bits per heavy atom. The summed E-state index contributed by atoms with van der Waals surface area (Å²) in [6, 6.07) is 1.73. The molecule has 1 heterocycles. The largest absolute Gasteiger partial charge is 0.270 e. The normalized spacial score (nSPS) is 14.1. The first-order valence-electron chi connectivity index (χ1n) is 5.10. The van der Waals surface area contributed by atoms with Gasteiger partial charge in [0, 0.05) is 30.3 Å². The maximum atomic E-state index is 11.1. The highest BCUT2D eigenvalue weighted by molar-refractivity contribution is 7.92. The van der Waals surface area contributed by atoms with E-state index in [0.29, 0.717) is 5.82 Å². The average molecular weight is 278 g/mol. The molecule has 0 aliphatic rings. The van der Waals surface area contributed by atoms with Gasteiger partial charge < -0.3 is 0 Å². The van der Waals surface area contributed by atoms with Crippen LogP contribution in [-0.2, 0) is 17.1 Å². The van der Waals surface area contributed by atoms with E-state index in [1.165, 1.54) is 5.54 Å². The van der Waals surface area contributed by atoms with Gasteiger partial charge in [0.1, 0.15) is 0 Å². The summed E-state index contributed by atoms with van der Waals surface area (Å²) in [5.74, 6) is 0.560. The number of nitrogens with zero attached hydrogens (tertiary/aromatic N) is 2. The number of aromatic nitrogens is 2. The molecule has 1 aromatic heterocycles. The van der Waals surface area contributed by atoms with Crippen LogP contribution in [0.3, 0.4) is 0 Å². The molecule has 0 saturated carbocycles. The van der Waals surface area contributed by atoms with Crippen LogP contribution in [0.5, 0.6) is 0 Å². The fraction of sp³-hybridized carbons (Fsp3) is 0.500. The highest BCUT2D eigenvalue weighted by Gasteiger charge is 2.13. The van der Waals surface area contributed by atoms with Crippen molar-refractivity contribution in [3.63, 3.8) is 0 Å². The minimum atomic E-state index is -3.28. The molecule has 96 valence electrons. The first kappa shape index (κ1) is 14.1. The summed E-state index contributed by atoms with van der Waals surface area (Å²) in [5.41, 5.74) is 2.42. The zero-order chi connectivity index (χ0) is 13.1. The van der Waals surface area contributed by atoms with Gasteiger partial charge in [-0.1, -0.05) is 24.6 Å². The quantitative estimate of drug-likeness (QED) is 0.896. The molecule has 0 radical (unpaired) electrons. The first-order chi connectivity index (χ1) is 7.83. The minimum Gasteiger partial charge on any atom is -0.270 e. The Balaban J connectivity index is 2.88. The van der Waals surface area contributed by atoms with Crippen LogP contribution < -0.4 is 4.72 Å². The predicted octanol–water partition coefficient (Wildman–Crippen LogP) is 2.04. The van der Waals surface area contributed by atoms with Crippen LogP contribution in [0.25, 0.3) is 0 Å². The number of hydrogen-bond donors (Lipinski definition) is 1. The third-order valence-corrected chi connectivity index (χ3v) is 3.05. The summed E-state index contributed by atoms with van der Waals surface area (Å²) in [5, 5.41) is 4.09. The fourth-order valence-electron chi connectivity index (χ4n) is 1.56. The summed E-state index contributed by atoms with van der Waals surface area (Å²) < 4.78 is 26.2. The van der Waals surface area contributed by atoms with Gasteiger partial charge in [0.25, 0.3) is 0 Å². The molecule has 0 saturated heterocycles. The second-order valence-corrected chi connectivity index (χ2v) is 5.95. The Bertz CT molecular complexity index is 508. The van der Waals surface area contributed by atoms with Crippen LogP contribution in [0, 0.1) is 0 Å². The van der Waals surface area contributed by atoms with Gasteiger partial charge in [-0.05, 0) is 6.42 Å². The summed E-state index contributed by atoms with van der Waals surface area (Å²) in [4.78, 5) is 0. The third-order valence-electron chi connectivity index (χ3n) is 2.29. The number of rotatable bonds is 5. The molecule has 17 heavy (non-hydrogen) atoms. The lowest BCUT2D eigenvalue weighted by molar-refractivity contribution is 0.606. The van der Waals surface area contributed by atoms with Crippen molar-refractivity contribution in [2.75, 3.05) is 11.0 Å². The van der Waals surface area contributed by atoms with Crippen molar-refractivity contribution in [3.8, 4) is 0 Å². The van der Waals surface area contributed by atoms with Crippen LogP contribution in [0.4, 0.5) is 5.82 Å². The van der Waals surface area contributed by atoms with Crippen LogP contribution in [0.15, 0.2) is 17.7 Å². The Kier molecular flexibility index (Phi) is 4.59. The number of sulfonamides is 1. The maximum Gasteiger partial charge on any atom is 0.231 e. The summed E-state index contributed by atoms with van der Waals surface area (Å²) in [6.07, 6.45) is 3.73. The van der Waals surface area contributed by atoms with E-state index in [2.05, 4.69) is 9.82 Å². The molecule has 0 spiro atoms. The van der Waals surface area contributed by atoms with Crippen molar-refractivity contribution in [2.45, 2.75) is 19.3 Å². The van der Waals surface area contributed by atoms with Gasteiger partial charge in [0.15, 0.2) is 5.82 Å². The molecular formula is C10H16ClN3O2S. The van der Waals surface area contributed by atoms with Gasteiger partial charge in [-0.3, -0.25) is 9.40 Å². The molecule has 0 bridgehead atoms. The van der Waals surface area contributed by atoms with Crippen molar-refractivity contribution < 1.29 is 8.42 Å². The van der Waals surface area contributed by atoms with Crippen molar-refractivity contribution in [1.82, 2.24) is 9.78 Å². The molecule has 0 aliphatic heterocycles. The first-order valence-corrected chi connectivity index (χ1v) is 7.43. The standard InChI is InChI=1S/C10H16ClN3O2S/c1-8(5-4-6-11)9-7-10(12-14(9)2)13-17(3,15)16/h4,6-8H,5H2,1-3H3,(H,12,13)/b6-4+. The lowest BCUT2D eigenvalue weighted by Crippen LogP contribution is -2.10. The van der Waals surface area contributed by atoms with E-state index in [1.807, 2.05) is 13.0 Å². The van der Waals surface area contributed by atoms with E-state index in [1.54, 1.807) is 17.8 Å². The van der Waals surface area contributed by atoms with E-state index in [9.17, 15) is 8.42 Å². The smallest absolute Gasteiger partial charge is 0.231 e. The molecule has 7 heteroatoms. The maximum absolute atomic E-state index is 11.1. The second kappa shape index (κ2) is 5.55. The molecule has 1 aromatic rings. The molecule has 0 amide bonds. The van der Waals surface area contributed by atoms with Crippen molar-refractivity contribution in [3.05, 3.63) is 23.4 Å². The Hall–Kier alpha value is -1.01. The highest BCUT2D eigenvalue weighted by atomic mass is 35.5. The van der Waals surface area contributed by atoms with Crippen LogP contribution in [-0.4, -0.2) is 24.5 Å². The third kappa shape index (κ3) is 4.40.